The molecule has 0 fully saturated rings. The van der Waals surface area contributed by atoms with Crippen LogP contribution in [0.1, 0.15) is 10.4 Å². The van der Waals surface area contributed by atoms with Crippen LogP contribution in [0, 0.1) is 12.7 Å². The fraction of sp³-hybridized carbons (Fsp3) is 0.100. The molecule has 2 heterocycles. The van der Waals surface area contributed by atoms with Crippen LogP contribution in [0.2, 0.25) is 5.02 Å². The van der Waals surface area contributed by atoms with Gasteiger partial charge in [0.2, 0.25) is 0 Å². The number of thiophene rings is 1. The number of benzene rings is 2. The fourth-order valence-corrected chi connectivity index (χ4v) is 4.21. The van der Waals surface area contributed by atoms with E-state index in [-0.39, 0.29) is 16.5 Å². The second kappa shape index (κ2) is 7.27. The number of aryl methyl sites for hydroxylation is 1. The highest BCUT2D eigenvalue weighted by atomic mass is 35.5. The first-order valence-electron chi connectivity index (χ1n) is 8.38. The number of nitrogens with one attached hydrogen (secondary N) is 1. The summed E-state index contributed by atoms with van der Waals surface area (Å²) < 4.78 is 52.6. The molecule has 0 aliphatic rings. The maximum absolute atomic E-state index is 13.3. The molecule has 0 radical (unpaired) electrons. The van der Waals surface area contributed by atoms with Gasteiger partial charge in [-0.3, -0.25) is 0 Å². The lowest BCUT2D eigenvalue weighted by molar-refractivity contribution is -0.137. The second-order valence-electron chi connectivity index (χ2n) is 6.26. The highest BCUT2D eigenvalue weighted by molar-refractivity contribution is 7.19. The molecule has 4 rings (SSSR count). The molecule has 1 N–H and O–H groups in total. The number of anilines is 2. The van der Waals surface area contributed by atoms with E-state index >= 15 is 0 Å². The van der Waals surface area contributed by atoms with Gasteiger partial charge in [0.05, 0.1) is 21.7 Å². The van der Waals surface area contributed by atoms with Crippen LogP contribution < -0.4 is 5.32 Å². The maximum Gasteiger partial charge on any atom is 0.416 e. The molecule has 0 saturated carbocycles. The molecule has 148 valence electrons. The van der Waals surface area contributed by atoms with Gasteiger partial charge in [0.1, 0.15) is 22.8 Å². The number of halogens is 5. The lowest BCUT2D eigenvalue weighted by atomic mass is 10.0. The molecular weight excluding hydrogens is 426 g/mol. The Bertz CT molecular complexity index is 1200. The highest BCUT2D eigenvalue weighted by Crippen LogP contribution is 2.42. The number of fused-ring (bicyclic) bond motifs is 1. The third kappa shape index (κ3) is 3.77. The first-order valence-corrected chi connectivity index (χ1v) is 9.57. The number of aromatic nitrogens is 2. The standard InChI is InChI=1S/C20H12ClF4N3S/c1-10-16(11-2-5-13(22)6-3-11)17-18(26-9-27-19(17)29-10)28-15-8-12(20(23,24)25)4-7-14(15)21/h2-9H,1H3,(H,26,27,28). The van der Waals surface area contributed by atoms with Crippen LogP contribution in [0.3, 0.4) is 0 Å². The van der Waals surface area contributed by atoms with Crippen molar-refractivity contribution in [3.63, 3.8) is 0 Å². The quantitative estimate of drug-likeness (QED) is 0.344. The molecule has 2 aromatic carbocycles. The molecule has 0 spiro atoms. The van der Waals surface area contributed by atoms with Crippen molar-refractivity contribution in [2.24, 2.45) is 0 Å². The first kappa shape index (κ1) is 19.6. The van der Waals surface area contributed by atoms with E-state index in [1.165, 1.54) is 35.9 Å². The maximum atomic E-state index is 13.3. The highest BCUT2D eigenvalue weighted by Gasteiger charge is 2.31. The largest absolute Gasteiger partial charge is 0.416 e. The molecule has 9 heteroatoms. The van der Waals surface area contributed by atoms with Gasteiger partial charge >= 0.3 is 6.18 Å². The summed E-state index contributed by atoms with van der Waals surface area (Å²) in [6.07, 6.45) is -3.17. The Kier molecular flexibility index (Phi) is 4.92. The van der Waals surface area contributed by atoms with Crippen molar-refractivity contribution in [1.29, 1.82) is 0 Å². The molecule has 0 aliphatic heterocycles. The topological polar surface area (TPSA) is 37.8 Å². The van der Waals surface area contributed by atoms with Gasteiger partial charge in [0.15, 0.2) is 0 Å². The number of rotatable bonds is 3. The zero-order valence-electron chi connectivity index (χ0n) is 14.8. The van der Waals surface area contributed by atoms with Crippen molar-refractivity contribution in [3.05, 3.63) is 70.1 Å². The van der Waals surface area contributed by atoms with Crippen molar-refractivity contribution < 1.29 is 17.6 Å². The average Bonchev–Trinajstić information content (AvgIpc) is 3.00. The van der Waals surface area contributed by atoms with E-state index < -0.39 is 11.7 Å². The summed E-state index contributed by atoms with van der Waals surface area (Å²) in [4.78, 5) is 10.1. The molecule has 2 aromatic heterocycles. The van der Waals surface area contributed by atoms with Gasteiger partial charge in [-0.1, -0.05) is 23.7 Å². The molecular formula is C20H12ClF4N3S. The minimum atomic E-state index is -4.50. The zero-order valence-corrected chi connectivity index (χ0v) is 16.4. The predicted octanol–water partition coefficient (Wildman–Crippen LogP) is 7.22. The van der Waals surface area contributed by atoms with Gasteiger partial charge in [-0.15, -0.1) is 11.3 Å². The molecule has 0 saturated heterocycles. The summed E-state index contributed by atoms with van der Waals surface area (Å²) in [5.41, 5.74) is 0.796. The van der Waals surface area contributed by atoms with Crippen LogP contribution >= 0.6 is 22.9 Å². The third-order valence-electron chi connectivity index (χ3n) is 4.34. The number of hydrogen-bond acceptors (Lipinski definition) is 4. The van der Waals surface area contributed by atoms with E-state index in [2.05, 4.69) is 15.3 Å². The van der Waals surface area contributed by atoms with Crippen LogP contribution in [0.15, 0.2) is 48.8 Å². The molecule has 0 unspecified atom stereocenters. The molecule has 29 heavy (non-hydrogen) atoms. The molecule has 0 atom stereocenters. The molecule has 4 aromatic rings. The monoisotopic (exact) mass is 437 g/mol. The van der Waals surface area contributed by atoms with E-state index in [4.69, 9.17) is 11.6 Å². The fourth-order valence-electron chi connectivity index (χ4n) is 3.03. The van der Waals surface area contributed by atoms with Gasteiger partial charge in [-0.25, -0.2) is 14.4 Å². The Morgan fingerprint density at radius 3 is 2.45 bits per heavy atom. The number of nitrogens with zero attached hydrogens (tertiary/aromatic N) is 2. The molecule has 0 aliphatic carbocycles. The first-order chi connectivity index (χ1) is 13.7. The van der Waals surface area contributed by atoms with Crippen LogP contribution in [0.25, 0.3) is 21.3 Å². The van der Waals surface area contributed by atoms with Crippen molar-refractivity contribution >= 4 is 44.7 Å². The van der Waals surface area contributed by atoms with Gasteiger partial charge in [-0.05, 0) is 42.8 Å². The SMILES string of the molecule is Cc1sc2ncnc(Nc3cc(C(F)(F)F)ccc3Cl)c2c1-c1ccc(F)cc1. The summed E-state index contributed by atoms with van der Waals surface area (Å²) in [5.74, 6) is -0.0452. The normalized spacial score (nSPS) is 11.8. The van der Waals surface area contributed by atoms with Crippen molar-refractivity contribution in [3.8, 4) is 11.1 Å². The van der Waals surface area contributed by atoms with E-state index in [1.807, 2.05) is 6.92 Å². The third-order valence-corrected chi connectivity index (χ3v) is 5.69. The molecule has 0 bridgehead atoms. The van der Waals surface area contributed by atoms with Gasteiger partial charge in [0.25, 0.3) is 0 Å². The minimum Gasteiger partial charge on any atom is -0.338 e. The van der Waals surface area contributed by atoms with E-state index in [9.17, 15) is 17.6 Å². The minimum absolute atomic E-state index is 0.0791. The second-order valence-corrected chi connectivity index (χ2v) is 7.87. The molecule has 0 amide bonds. The van der Waals surface area contributed by atoms with Crippen LogP contribution in [-0.4, -0.2) is 9.97 Å². The van der Waals surface area contributed by atoms with Crippen LogP contribution in [0.4, 0.5) is 29.1 Å². The lowest BCUT2D eigenvalue weighted by Crippen LogP contribution is -2.06. The van der Waals surface area contributed by atoms with Gasteiger partial charge < -0.3 is 5.32 Å². The summed E-state index contributed by atoms with van der Waals surface area (Å²) >= 11 is 7.53. The predicted molar refractivity (Wildman–Crippen MR) is 107 cm³/mol. The Morgan fingerprint density at radius 1 is 1.03 bits per heavy atom. The Labute approximate surface area is 172 Å². The Morgan fingerprint density at radius 2 is 1.76 bits per heavy atom. The van der Waals surface area contributed by atoms with E-state index in [1.54, 1.807) is 12.1 Å². The van der Waals surface area contributed by atoms with Gasteiger partial charge in [-0.2, -0.15) is 13.2 Å². The van der Waals surface area contributed by atoms with Crippen LogP contribution in [0.5, 0.6) is 0 Å². The van der Waals surface area contributed by atoms with E-state index in [0.717, 1.165) is 28.1 Å². The average molecular weight is 438 g/mol. The van der Waals surface area contributed by atoms with Gasteiger partial charge in [0, 0.05) is 10.4 Å². The molecule has 3 nitrogen and oxygen atoms in total. The number of hydrogen-bond donors (Lipinski definition) is 1. The number of alkyl halides is 3. The van der Waals surface area contributed by atoms with Crippen molar-refractivity contribution in [2.45, 2.75) is 13.1 Å². The lowest BCUT2D eigenvalue weighted by Gasteiger charge is -2.13. The smallest absolute Gasteiger partial charge is 0.338 e. The van der Waals surface area contributed by atoms with Crippen molar-refractivity contribution in [2.75, 3.05) is 5.32 Å². The summed E-state index contributed by atoms with van der Waals surface area (Å²) in [6, 6.07) is 9.01. The zero-order chi connectivity index (χ0) is 20.8. The summed E-state index contributed by atoms with van der Waals surface area (Å²) in [5, 5.41) is 3.67. The summed E-state index contributed by atoms with van der Waals surface area (Å²) in [6.45, 7) is 1.89. The Hall–Kier alpha value is -2.71. The van der Waals surface area contributed by atoms with Crippen LogP contribution in [-0.2, 0) is 6.18 Å². The Balaban J connectivity index is 1.87. The summed E-state index contributed by atoms with van der Waals surface area (Å²) in [7, 11) is 0. The van der Waals surface area contributed by atoms with E-state index in [0.29, 0.717) is 16.0 Å². The van der Waals surface area contributed by atoms with Crippen molar-refractivity contribution in [1.82, 2.24) is 9.97 Å².